The van der Waals surface area contributed by atoms with Gasteiger partial charge in [-0.2, -0.15) is 0 Å². The average molecular weight is 782 g/mol. The maximum Gasteiger partial charge on any atom is 0.0468 e. The first kappa shape index (κ1) is 38.8. The summed E-state index contributed by atoms with van der Waals surface area (Å²) in [6, 6.07) is 85.3. The van der Waals surface area contributed by atoms with Gasteiger partial charge in [0.2, 0.25) is 0 Å². The van der Waals surface area contributed by atoms with Crippen molar-refractivity contribution in [1.29, 1.82) is 0 Å². The summed E-state index contributed by atoms with van der Waals surface area (Å²) in [5.41, 5.74) is 17.6. The number of aryl methyl sites for hydroxylation is 1. The molecule has 1 nitrogen and oxygen atoms in total. The molecule has 0 fully saturated rings. The van der Waals surface area contributed by atoms with Crippen molar-refractivity contribution in [3.63, 3.8) is 0 Å². The van der Waals surface area contributed by atoms with Gasteiger partial charge in [-0.25, -0.2) is 0 Å². The van der Waals surface area contributed by atoms with E-state index >= 15 is 0 Å². The summed E-state index contributed by atoms with van der Waals surface area (Å²) < 4.78 is 0. The first-order valence-corrected chi connectivity index (χ1v) is 21.0. The lowest BCUT2D eigenvalue weighted by molar-refractivity contribution is 1.28. The van der Waals surface area contributed by atoms with Gasteiger partial charge in [-0.15, -0.1) is 0 Å². The van der Waals surface area contributed by atoms with Gasteiger partial charge in [0, 0.05) is 17.1 Å². The minimum atomic E-state index is 1.09. The number of rotatable bonds is 9. The summed E-state index contributed by atoms with van der Waals surface area (Å²) in [6.45, 7) is 4.24. The van der Waals surface area contributed by atoms with Crippen LogP contribution in [0.2, 0.25) is 0 Å². The van der Waals surface area contributed by atoms with Gasteiger partial charge in [-0.1, -0.05) is 200 Å². The highest BCUT2D eigenvalue weighted by Gasteiger charge is 2.17. The molecule has 0 saturated heterocycles. The second kappa shape index (κ2) is 18.0. The lowest BCUT2D eigenvalue weighted by Gasteiger charge is -2.27. The molecule has 0 aliphatic rings. The van der Waals surface area contributed by atoms with Gasteiger partial charge in [-0.3, -0.25) is 0 Å². The molecule has 0 aromatic heterocycles. The molecule has 9 aromatic rings. The summed E-state index contributed by atoms with van der Waals surface area (Å²) in [5, 5.41) is 2.49. The Morgan fingerprint density at radius 2 is 0.738 bits per heavy atom. The topological polar surface area (TPSA) is 3.24 Å². The lowest BCUT2D eigenvalue weighted by Crippen LogP contribution is -2.10. The Morgan fingerprint density at radius 1 is 0.311 bits per heavy atom. The van der Waals surface area contributed by atoms with E-state index in [4.69, 9.17) is 0 Å². The van der Waals surface area contributed by atoms with Crippen LogP contribution in [-0.2, 0) is 0 Å². The maximum absolute atomic E-state index is 2.38. The molecule has 0 radical (unpaired) electrons. The highest BCUT2D eigenvalue weighted by molar-refractivity contribution is 5.91. The third-order valence-corrected chi connectivity index (χ3v) is 11.4. The summed E-state index contributed by atoms with van der Waals surface area (Å²) in [6.07, 6.45) is 4.29. The Kier molecular flexibility index (Phi) is 11.5. The van der Waals surface area contributed by atoms with Crippen molar-refractivity contribution >= 4 is 33.9 Å². The van der Waals surface area contributed by atoms with Crippen molar-refractivity contribution in [2.75, 3.05) is 4.90 Å². The van der Waals surface area contributed by atoms with Crippen LogP contribution >= 0.6 is 0 Å². The first-order chi connectivity index (χ1) is 30.1. The molecule has 0 spiro atoms. The predicted octanol–water partition coefficient (Wildman–Crippen LogP) is 17.1. The molecule has 0 heterocycles. The van der Waals surface area contributed by atoms with Gasteiger partial charge < -0.3 is 4.90 Å². The number of benzene rings is 8. The third-order valence-electron chi connectivity index (χ3n) is 11.4. The molecule has 0 saturated carbocycles. The standard InChI is InChI=1S/C60H47N/c1-3-16-52-41-54(24-23-44(52)2)48-31-35-56(36-32-48)61(57-37-33-49(34-38-57)55-30-27-46-19-14-15-22-53(46)42-55)58-39-40-59(60(43-58)50-20-12-9-13-21-50)51-28-25-47(26-29-51)45-17-10-7-5-4-6-8-11-18-45/h3-43H,1-2H3/b5-4?,6-4?,7-5?,8-6?,10-7?,11-8?,16-3-,17-10?,18-11?,45-17?,45-18?. The Morgan fingerprint density at radius 3 is 1.38 bits per heavy atom. The van der Waals surface area contributed by atoms with E-state index in [-0.39, 0.29) is 0 Å². The van der Waals surface area contributed by atoms with Crippen LogP contribution in [0.15, 0.2) is 243 Å². The minimum Gasteiger partial charge on any atom is -0.310 e. The van der Waals surface area contributed by atoms with Crippen LogP contribution in [0, 0.1) is 6.92 Å². The van der Waals surface area contributed by atoms with Crippen LogP contribution in [0.3, 0.4) is 0 Å². The second-order valence-electron chi connectivity index (χ2n) is 15.4. The number of fused-ring (bicyclic) bond motifs is 1. The SMILES string of the molecule is C/C=C\c1cc(-c2ccc(N(c3ccc(-c4ccc5ccccc5c4)cc3)c3ccc(-c4ccc(-c5ccccccccc5)cc4)c(-c4ccccc4)c3)cc2)ccc1C. The number of hydrogen-bond donors (Lipinski definition) is 0. The Balaban J connectivity index is 1.14. The van der Waals surface area contributed by atoms with E-state index < -0.39 is 0 Å². The Bertz CT molecular complexity index is 2990. The van der Waals surface area contributed by atoms with Gasteiger partial charge in [0.25, 0.3) is 0 Å². The molecule has 61 heavy (non-hydrogen) atoms. The molecule has 9 rings (SSSR count). The first-order valence-electron chi connectivity index (χ1n) is 21.0. The van der Waals surface area contributed by atoms with Crippen molar-refractivity contribution in [2.45, 2.75) is 13.8 Å². The van der Waals surface area contributed by atoms with Crippen molar-refractivity contribution in [3.8, 4) is 55.6 Å². The molecule has 292 valence electrons. The molecular weight excluding hydrogens is 735 g/mol. The van der Waals surface area contributed by atoms with E-state index in [9.17, 15) is 0 Å². The van der Waals surface area contributed by atoms with E-state index in [1.165, 1.54) is 72.0 Å². The summed E-state index contributed by atoms with van der Waals surface area (Å²) in [5.74, 6) is 0. The van der Waals surface area contributed by atoms with Crippen LogP contribution in [0.1, 0.15) is 18.1 Å². The minimum absolute atomic E-state index is 1.09. The zero-order valence-electron chi connectivity index (χ0n) is 34.6. The van der Waals surface area contributed by atoms with Crippen LogP contribution in [-0.4, -0.2) is 0 Å². The fourth-order valence-corrected chi connectivity index (χ4v) is 8.11. The third kappa shape index (κ3) is 8.69. The Labute approximate surface area is 360 Å². The predicted molar refractivity (Wildman–Crippen MR) is 263 cm³/mol. The van der Waals surface area contributed by atoms with E-state index in [1.54, 1.807) is 0 Å². The molecule has 0 bridgehead atoms. The highest BCUT2D eigenvalue weighted by atomic mass is 15.1. The van der Waals surface area contributed by atoms with Crippen LogP contribution in [0.4, 0.5) is 17.1 Å². The highest BCUT2D eigenvalue weighted by Crippen LogP contribution is 2.42. The summed E-state index contributed by atoms with van der Waals surface area (Å²) in [4.78, 5) is 2.38. The average Bonchev–Trinajstić information content (AvgIpc) is 3.32. The smallest absolute Gasteiger partial charge is 0.0468 e. The second-order valence-corrected chi connectivity index (χ2v) is 15.4. The lowest BCUT2D eigenvalue weighted by atomic mass is 9.92. The molecule has 0 unspecified atom stereocenters. The van der Waals surface area contributed by atoms with Gasteiger partial charge in [-0.05, 0) is 140 Å². The monoisotopic (exact) mass is 781 g/mol. The van der Waals surface area contributed by atoms with E-state index in [1.807, 2.05) is 18.2 Å². The van der Waals surface area contributed by atoms with Crippen LogP contribution in [0.5, 0.6) is 0 Å². The zero-order valence-corrected chi connectivity index (χ0v) is 34.6. The van der Waals surface area contributed by atoms with Gasteiger partial charge in [0.15, 0.2) is 0 Å². The van der Waals surface area contributed by atoms with Crippen molar-refractivity contribution in [1.82, 2.24) is 0 Å². The largest absolute Gasteiger partial charge is 0.310 e. The summed E-state index contributed by atoms with van der Waals surface area (Å²) >= 11 is 0. The quantitative estimate of drug-likeness (QED) is 0.141. The molecule has 1 heteroatoms. The van der Waals surface area contributed by atoms with Crippen LogP contribution < -0.4 is 4.90 Å². The fraction of sp³-hybridized carbons (Fsp3) is 0.0333. The number of hydrogen-bond acceptors (Lipinski definition) is 1. The van der Waals surface area contributed by atoms with Gasteiger partial charge in [0.1, 0.15) is 0 Å². The molecule has 0 aliphatic carbocycles. The van der Waals surface area contributed by atoms with Crippen molar-refractivity contribution in [2.24, 2.45) is 0 Å². The molecule has 0 N–H and O–H groups in total. The number of anilines is 3. The number of nitrogens with zero attached hydrogens (tertiary/aromatic N) is 1. The van der Waals surface area contributed by atoms with E-state index in [0.717, 1.165) is 22.6 Å². The molecular formula is C60H47N. The van der Waals surface area contributed by atoms with E-state index in [2.05, 4.69) is 249 Å². The Hall–Kier alpha value is -7.74. The fourth-order valence-electron chi connectivity index (χ4n) is 8.11. The molecule has 0 atom stereocenters. The molecule has 9 aromatic carbocycles. The van der Waals surface area contributed by atoms with Gasteiger partial charge in [0.05, 0.1) is 0 Å². The van der Waals surface area contributed by atoms with E-state index in [0.29, 0.717) is 0 Å². The van der Waals surface area contributed by atoms with Crippen molar-refractivity contribution in [3.05, 3.63) is 254 Å². The molecule has 0 aliphatic heterocycles. The maximum atomic E-state index is 2.38. The van der Waals surface area contributed by atoms with Crippen LogP contribution in [0.25, 0.3) is 72.5 Å². The number of allylic oxidation sites excluding steroid dienone is 1. The van der Waals surface area contributed by atoms with Gasteiger partial charge >= 0.3 is 0 Å². The zero-order chi connectivity index (χ0) is 41.4. The van der Waals surface area contributed by atoms with Crippen molar-refractivity contribution < 1.29 is 0 Å². The normalized spacial score (nSPS) is 11.0. The summed E-state index contributed by atoms with van der Waals surface area (Å²) in [7, 11) is 0. The molecule has 0 amide bonds.